The second kappa shape index (κ2) is 8.71. The fourth-order valence-electron chi connectivity index (χ4n) is 2.84. The molecule has 0 atom stereocenters. The fourth-order valence-corrected chi connectivity index (χ4v) is 3.04. The lowest BCUT2D eigenvalue weighted by Crippen LogP contribution is -2.43. The first-order valence-electron chi connectivity index (χ1n) is 8.58. The lowest BCUT2D eigenvalue weighted by atomic mass is 9.55. The minimum Gasteiger partial charge on any atom is -0.506 e. The molecule has 4 aromatic rings. The average molecular weight is 376 g/mol. The molecule has 27 heavy (non-hydrogen) atoms. The molecule has 3 aromatic carbocycles. The molecule has 3 nitrogen and oxygen atoms in total. The SMILES string of the molecule is Cc1ccccc1B(O)c1cccc(Cl)c1.Oc1cccc2cccnc12. The number of benzene rings is 3. The highest BCUT2D eigenvalue weighted by molar-refractivity contribution is 6.79. The molecule has 0 aliphatic rings. The standard InChI is InChI=1S/C13H12BClO.C9H7NO/c1-10-5-2-3-8-13(10)14(16)11-6-4-7-12(15)9-11;11-8-5-1-3-7-4-2-6-10-9(7)8/h2-9,16H,1H3;1-6,11H. The van der Waals surface area contributed by atoms with Crippen LogP contribution in [0.15, 0.2) is 85.1 Å². The lowest BCUT2D eigenvalue weighted by Gasteiger charge is -2.10. The van der Waals surface area contributed by atoms with Crippen molar-refractivity contribution in [3.63, 3.8) is 0 Å². The normalized spacial score (nSPS) is 10.2. The van der Waals surface area contributed by atoms with Gasteiger partial charge in [-0.15, -0.1) is 0 Å². The maximum absolute atomic E-state index is 10.2. The third-order valence-electron chi connectivity index (χ3n) is 4.26. The van der Waals surface area contributed by atoms with E-state index >= 15 is 0 Å². The van der Waals surface area contributed by atoms with Crippen LogP contribution in [0, 0.1) is 6.92 Å². The number of phenols is 1. The highest BCUT2D eigenvalue weighted by Crippen LogP contribution is 2.20. The quantitative estimate of drug-likeness (QED) is 0.525. The summed E-state index contributed by atoms with van der Waals surface area (Å²) in [6.45, 7) is 1.38. The Bertz CT molecular complexity index is 1050. The van der Waals surface area contributed by atoms with Crippen molar-refractivity contribution in [3.05, 3.63) is 95.6 Å². The van der Waals surface area contributed by atoms with Gasteiger partial charge in [-0.3, -0.25) is 4.98 Å². The van der Waals surface area contributed by atoms with E-state index in [-0.39, 0.29) is 5.75 Å². The van der Waals surface area contributed by atoms with Crippen molar-refractivity contribution in [1.82, 2.24) is 4.98 Å². The molecule has 0 saturated heterocycles. The Morgan fingerprint density at radius 1 is 0.889 bits per heavy atom. The van der Waals surface area contributed by atoms with Gasteiger partial charge in [-0.1, -0.05) is 71.8 Å². The first kappa shape index (κ1) is 19.0. The number of para-hydroxylation sites is 1. The Morgan fingerprint density at radius 3 is 2.37 bits per heavy atom. The number of aryl methyl sites for hydroxylation is 1. The second-order valence-electron chi connectivity index (χ2n) is 6.17. The molecular weight excluding hydrogens is 357 g/mol. The number of rotatable bonds is 2. The van der Waals surface area contributed by atoms with E-state index < -0.39 is 6.92 Å². The predicted octanol–water partition coefficient (Wildman–Crippen LogP) is 3.69. The number of phenolic OH excluding ortho intramolecular Hbond substituents is 1. The molecule has 0 bridgehead atoms. The molecule has 0 radical (unpaired) electrons. The average Bonchev–Trinajstić information content (AvgIpc) is 2.69. The Hall–Kier alpha value is -2.82. The molecular formula is C22H19BClNO2. The van der Waals surface area contributed by atoms with Crippen LogP contribution in [-0.4, -0.2) is 22.0 Å². The van der Waals surface area contributed by atoms with Gasteiger partial charge in [0, 0.05) is 16.6 Å². The van der Waals surface area contributed by atoms with E-state index in [1.54, 1.807) is 30.5 Å². The van der Waals surface area contributed by atoms with Crippen LogP contribution in [0.1, 0.15) is 5.56 Å². The number of halogens is 1. The summed E-state index contributed by atoms with van der Waals surface area (Å²) in [5.41, 5.74) is 3.48. The van der Waals surface area contributed by atoms with E-state index in [4.69, 9.17) is 11.6 Å². The van der Waals surface area contributed by atoms with Crippen LogP contribution in [0.2, 0.25) is 5.02 Å². The maximum Gasteiger partial charge on any atom is 0.359 e. The van der Waals surface area contributed by atoms with Gasteiger partial charge in [-0.05, 0) is 42.1 Å². The molecule has 0 aliphatic heterocycles. The summed E-state index contributed by atoms with van der Waals surface area (Å²) in [5.74, 6) is 0.239. The van der Waals surface area contributed by atoms with Crippen LogP contribution in [0.5, 0.6) is 5.75 Å². The summed E-state index contributed by atoms with van der Waals surface area (Å²) >= 11 is 5.91. The molecule has 0 saturated carbocycles. The Balaban J connectivity index is 0.000000166. The van der Waals surface area contributed by atoms with Gasteiger partial charge in [0.05, 0.1) is 0 Å². The summed E-state index contributed by atoms with van der Waals surface area (Å²) in [5, 5.41) is 21.2. The summed E-state index contributed by atoms with van der Waals surface area (Å²) in [6, 6.07) is 24.3. The van der Waals surface area contributed by atoms with Crippen LogP contribution in [0.4, 0.5) is 0 Å². The molecule has 2 N–H and O–H groups in total. The van der Waals surface area contributed by atoms with Crippen molar-refractivity contribution in [2.75, 3.05) is 0 Å². The van der Waals surface area contributed by atoms with Crippen molar-refractivity contribution in [1.29, 1.82) is 0 Å². The smallest absolute Gasteiger partial charge is 0.359 e. The van der Waals surface area contributed by atoms with E-state index in [0.717, 1.165) is 21.9 Å². The number of nitrogens with zero attached hydrogens (tertiary/aromatic N) is 1. The number of fused-ring (bicyclic) bond motifs is 1. The molecule has 4 rings (SSSR count). The molecule has 0 spiro atoms. The van der Waals surface area contributed by atoms with Gasteiger partial charge in [0.1, 0.15) is 11.3 Å². The van der Waals surface area contributed by atoms with Gasteiger partial charge < -0.3 is 10.1 Å². The molecule has 1 aromatic heterocycles. The lowest BCUT2D eigenvalue weighted by molar-refractivity contribution is 0.480. The number of pyridine rings is 1. The molecule has 134 valence electrons. The van der Waals surface area contributed by atoms with E-state index in [0.29, 0.717) is 10.5 Å². The van der Waals surface area contributed by atoms with Crippen molar-refractivity contribution in [2.24, 2.45) is 0 Å². The van der Waals surface area contributed by atoms with Crippen molar-refractivity contribution in [2.45, 2.75) is 6.92 Å². The van der Waals surface area contributed by atoms with Crippen LogP contribution < -0.4 is 10.9 Å². The van der Waals surface area contributed by atoms with E-state index in [1.165, 1.54) is 0 Å². The first-order chi connectivity index (χ1) is 13.1. The van der Waals surface area contributed by atoms with Crippen LogP contribution in [0.25, 0.3) is 10.9 Å². The highest BCUT2D eigenvalue weighted by atomic mass is 35.5. The van der Waals surface area contributed by atoms with Crippen LogP contribution in [-0.2, 0) is 0 Å². The van der Waals surface area contributed by atoms with Gasteiger partial charge in [0.25, 0.3) is 0 Å². The molecule has 0 amide bonds. The minimum atomic E-state index is -0.611. The Morgan fingerprint density at radius 2 is 1.63 bits per heavy atom. The molecule has 0 aliphatic carbocycles. The third-order valence-corrected chi connectivity index (χ3v) is 4.49. The zero-order valence-electron chi connectivity index (χ0n) is 14.9. The molecule has 0 fully saturated rings. The zero-order valence-corrected chi connectivity index (χ0v) is 15.6. The number of aromatic nitrogens is 1. The summed E-state index contributed by atoms with van der Waals surface area (Å²) in [4.78, 5) is 4.03. The largest absolute Gasteiger partial charge is 0.506 e. The summed E-state index contributed by atoms with van der Waals surface area (Å²) in [6.07, 6.45) is 1.67. The highest BCUT2D eigenvalue weighted by Gasteiger charge is 2.18. The van der Waals surface area contributed by atoms with Gasteiger partial charge in [-0.2, -0.15) is 0 Å². The van der Waals surface area contributed by atoms with Crippen molar-refractivity contribution < 1.29 is 10.1 Å². The number of aromatic hydroxyl groups is 1. The summed E-state index contributed by atoms with van der Waals surface area (Å²) < 4.78 is 0. The van der Waals surface area contributed by atoms with Crippen molar-refractivity contribution >= 4 is 40.3 Å². The fraction of sp³-hybridized carbons (Fsp3) is 0.0455. The predicted molar refractivity (Wildman–Crippen MR) is 113 cm³/mol. The van der Waals surface area contributed by atoms with Crippen molar-refractivity contribution in [3.8, 4) is 5.75 Å². The zero-order chi connectivity index (χ0) is 19.2. The van der Waals surface area contributed by atoms with E-state index in [1.807, 2.05) is 61.5 Å². The van der Waals surface area contributed by atoms with Gasteiger partial charge in [-0.25, -0.2) is 0 Å². The van der Waals surface area contributed by atoms with Gasteiger partial charge in [0.15, 0.2) is 0 Å². The topological polar surface area (TPSA) is 53.4 Å². The van der Waals surface area contributed by atoms with E-state index in [9.17, 15) is 10.1 Å². The van der Waals surface area contributed by atoms with Crippen LogP contribution >= 0.6 is 11.6 Å². The first-order valence-corrected chi connectivity index (χ1v) is 8.96. The van der Waals surface area contributed by atoms with Gasteiger partial charge in [0.2, 0.25) is 0 Å². The monoisotopic (exact) mass is 375 g/mol. The molecule has 0 unspecified atom stereocenters. The Labute approximate surface area is 164 Å². The van der Waals surface area contributed by atoms with Gasteiger partial charge >= 0.3 is 6.92 Å². The number of hydrogen-bond acceptors (Lipinski definition) is 3. The second-order valence-corrected chi connectivity index (χ2v) is 6.60. The molecule has 5 heteroatoms. The minimum absolute atomic E-state index is 0.239. The summed E-state index contributed by atoms with van der Waals surface area (Å²) in [7, 11) is 0. The maximum atomic E-state index is 10.2. The molecule has 1 heterocycles. The Kier molecular flexibility index (Phi) is 6.12. The third kappa shape index (κ3) is 4.67. The van der Waals surface area contributed by atoms with Crippen LogP contribution in [0.3, 0.4) is 0 Å². The van der Waals surface area contributed by atoms with E-state index in [2.05, 4.69) is 4.98 Å². The number of hydrogen-bond donors (Lipinski definition) is 2.